The van der Waals surface area contributed by atoms with Crippen LogP contribution in [0.4, 0.5) is 10.1 Å². The third-order valence-electron chi connectivity index (χ3n) is 4.53. The van der Waals surface area contributed by atoms with Gasteiger partial charge >= 0.3 is 0 Å². The van der Waals surface area contributed by atoms with Crippen molar-refractivity contribution in [3.8, 4) is 11.6 Å². The molecule has 0 fully saturated rings. The van der Waals surface area contributed by atoms with E-state index in [0.29, 0.717) is 29.0 Å². The molecule has 0 bridgehead atoms. The number of aryl methyl sites for hydroxylation is 1. The number of rotatable bonds is 7. The second-order valence-corrected chi connectivity index (χ2v) is 8.65. The van der Waals surface area contributed by atoms with Crippen LogP contribution in [0, 0.1) is 12.7 Å². The van der Waals surface area contributed by atoms with Crippen molar-refractivity contribution in [2.24, 2.45) is 0 Å². The van der Waals surface area contributed by atoms with Crippen LogP contribution < -0.4 is 5.32 Å². The summed E-state index contributed by atoms with van der Waals surface area (Å²) in [5.41, 5.74) is 1.98. The van der Waals surface area contributed by atoms with E-state index in [2.05, 4.69) is 38.0 Å². The van der Waals surface area contributed by atoms with Crippen LogP contribution in [-0.4, -0.2) is 26.4 Å². The van der Waals surface area contributed by atoms with E-state index in [1.807, 2.05) is 28.8 Å². The number of nitrogens with one attached hydrogen (secondary N) is 1. The number of halogens is 2. The van der Waals surface area contributed by atoms with E-state index in [0.717, 1.165) is 21.0 Å². The molecule has 158 valence electrons. The molecule has 4 rings (SSSR count). The monoisotopic (exact) mass is 500 g/mol. The molecule has 2 aromatic heterocycles. The highest BCUT2D eigenvalue weighted by Crippen LogP contribution is 2.31. The average Bonchev–Trinajstić information content (AvgIpc) is 3.33. The van der Waals surface area contributed by atoms with Crippen LogP contribution in [0.25, 0.3) is 22.6 Å². The molecule has 0 aliphatic rings. The Labute approximate surface area is 190 Å². The topological polar surface area (TPSA) is 73.0 Å². The Morgan fingerprint density at radius 2 is 2.13 bits per heavy atom. The first-order valence-electron chi connectivity index (χ1n) is 9.37. The number of nitrogens with zero attached hydrogens (tertiary/aromatic N) is 3. The maximum Gasteiger partial charge on any atom is 0.234 e. The molecule has 9 heteroatoms. The highest BCUT2D eigenvalue weighted by molar-refractivity contribution is 9.10. The smallest absolute Gasteiger partial charge is 0.234 e. The molecule has 0 atom stereocenters. The van der Waals surface area contributed by atoms with Gasteiger partial charge in [-0.1, -0.05) is 39.8 Å². The van der Waals surface area contributed by atoms with E-state index < -0.39 is 5.82 Å². The third kappa shape index (κ3) is 4.72. The summed E-state index contributed by atoms with van der Waals surface area (Å²) in [5, 5.41) is 12.7. The molecule has 0 spiro atoms. The van der Waals surface area contributed by atoms with Gasteiger partial charge in [0.1, 0.15) is 11.4 Å². The Bertz CT molecular complexity index is 1280. The fourth-order valence-electron chi connectivity index (χ4n) is 3.04. The standard InChI is InChI=1S/C22H18BrFN4O2S/c1-3-8-28-21(19-10-14-9-15(23)5-7-18(14)30-19)26-27-22(28)31-12-20(29)25-17-11-16(24)6-4-13(17)2/h3-7,9-11H,1,8,12H2,2H3,(H,25,29). The zero-order chi connectivity index (χ0) is 22.0. The van der Waals surface area contributed by atoms with Gasteiger partial charge in [-0.15, -0.1) is 16.8 Å². The van der Waals surface area contributed by atoms with Crippen molar-refractivity contribution in [1.29, 1.82) is 0 Å². The third-order valence-corrected chi connectivity index (χ3v) is 5.99. The van der Waals surface area contributed by atoms with E-state index in [1.165, 1.54) is 23.9 Å². The van der Waals surface area contributed by atoms with Gasteiger partial charge in [0.25, 0.3) is 0 Å². The van der Waals surface area contributed by atoms with Gasteiger partial charge in [-0.2, -0.15) is 0 Å². The number of amides is 1. The quantitative estimate of drug-likeness (QED) is 0.255. The molecule has 1 amide bonds. The predicted molar refractivity (Wildman–Crippen MR) is 124 cm³/mol. The molecule has 0 unspecified atom stereocenters. The van der Waals surface area contributed by atoms with Crippen LogP contribution in [0.2, 0.25) is 0 Å². The van der Waals surface area contributed by atoms with Crippen molar-refractivity contribution in [3.05, 3.63) is 71.0 Å². The second-order valence-electron chi connectivity index (χ2n) is 6.79. The SMILES string of the molecule is C=CCn1c(SCC(=O)Nc2cc(F)ccc2C)nnc1-c1cc2cc(Br)ccc2o1. The Kier molecular flexibility index (Phi) is 6.24. The molecule has 0 aliphatic carbocycles. The number of benzene rings is 2. The lowest BCUT2D eigenvalue weighted by atomic mass is 10.2. The summed E-state index contributed by atoms with van der Waals surface area (Å²) < 4.78 is 22.2. The first-order valence-corrected chi connectivity index (χ1v) is 11.1. The van der Waals surface area contributed by atoms with Crippen LogP contribution in [0.1, 0.15) is 5.56 Å². The van der Waals surface area contributed by atoms with E-state index in [-0.39, 0.29) is 11.7 Å². The van der Waals surface area contributed by atoms with Crippen LogP contribution in [0.5, 0.6) is 0 Å². The fraction of sp³-hybridized carbons (Fsp3) is 0.136. The van der Waals surface area contributed by atoms with Crippen molar-refractivity contribution >= 4 is 50.3 Å². The molecule has 4 aromatic rings. The molecular formula is C22H18BrFN4O2S. The minimum Gasteiger partial charge on any atom is -0.453 e. The zero-order valence-electron chi connectivity index (χ0n) is 16.6. The number of allylic oxidation sites excluding steroid dienone is 1. The largest absolute Gasteiger partial charge is 0.453 e. The molecule has 31 heavy (non-hydrogen) atoms. The summed E-state index contributed by atoms with van der Waals surface area (Å²) in [6, 6.07) is 11.9. The van der Waals surface area contributed by atoms with E-state index in [4.69, 9.17) is 4.42 Å². The first-order chi connectivity index (χ1) is 14.9. The lowest BCUT2D eigenvalue weighted by molar-refractivity contribution is -0.113. The van der Waals surface area contributed by atoms with E-state index >= 15 is 0 Å². The van der Waals surface area contributed by atoms with Crippen molar-refractivity contribution in [2.45, 2.75) is 18.6 Å². The van der Waals surface area contributed by atoms with Gasteiger partial charge in [0.15, 0.2) is 10.9 Å². The maximum atomic E-state index is 13.5. The number of anilines is 1. The lowest BCUT2D eigenvalue weighted by Crippen LogP contribution is -2.15. The molecule has 2 aromatic carbocycles. The summed E-state index contributed by atoms with van der Waals surface area (Å²) in [5.74, 6) is 0.562. The number of furan rings is 1. The Morgan fingerprint density at radius 1 is 1.29 bits per heavy atom. The van der Waals surface area contributed by atoms with Gasteiger partial charge in [0, 0.05) is 22.1 Å². The van der Waals surface area contributed by atoms with Gasteiger partial charge in [-0.3, -0.25) is 9.36 Å². The number of carbonyl (C=O) groups excluding carboxylic acids is 1. The van der Waals surface area contributed by atoms with E-state index in [9.17, 15) is 9.18 Å². The van der Waals surface area contributed by atoms with Gasteiger partial charge < -0.3 is 9.73 Å². The van der Waals surface area contributed by atoms with Crippen molar-refractivity contribution in [3.63, 3.8) is 0 Å². The summed E-state index contributed by atoms with van der Waals surface area (Å²) >= 11 is 4.69. The minimum atomic E-state index is -0.401. The van der Waals surface area contributed by atoms with Gasteiger partial charge in [-0.25, -0.2) is 4.39 Å². The van der Waals surface area contributed by atoms with Gasteiger partial charge in [-0.05, 0) is 48.9 Å². The molecule has 0 radical (unpaired) electrons. The number of carbonyl (C=O) groups is 1. The Hall–Kier alpha value is -2.91. The number of fused-ring (bicyclic) bond motifs is 1. The molecule has 1 N–H and O–H groups in total. The van der Waals surface area contributed by atoms with Crippen molar-refractivity contribution in [2.75, 3.05) is 11.1 Å². The second kappa shape index (κ2) is 9.07. The van der Waals surface area contributed by atoms with Crippen LogP contribution in [0.15, 0.2) is 69.2 Å². The minimum absolute atomic E-state index is 0.0955. The highest BCUT2D eigenvalue weighted by Gasteiger charge is 2.18. The van der Waals surface area contributed by atoms with Crippen LogP contribution >= 0.6 is 27.7 Å². The maximum absolute atomic E-state index is 13.5. The molecular weight excluding hydrogens is 483 g/mol. The fourth-order valence-corrected chi connectivity index (χ4v) is 4.17. The number of thioether (sulfide) groups is 1. The van der Waals surface area contributed by atoms with Gasteiger partial charge in [0.2, 0.25) is 11.7 Å². The molecule has 2 heterocycles. The highest BCUT2D eigenvalue weighted by atomic mass is 79.9. The van der Waals surface area contributed by atoms with Crippen LogP contribution in [0.3, 0.4) is 0 Å². The predicted octanol–water partition coefficient (Wildman–Crippen LogP) is 5.82. The Morgan fingerprint density at radius 3 is 2.94 bits per heavy atom. The number of hydrogen-bond donors (Lipinski definition) is 1. The summed E-state index contributed by atoms with van der Waals surface area (Å²) in [6.07, 6.45) is 1.73. The number of hydrogen-bond acceptors (Lipinski definition) is 5. The summed E-state index contributed by atoms with van der Waals surface area (Å²) in [4.78, 5) is 12.4. The van der Waals surface area contributed by atoms with Crippen molar-refractivity contribution in [1.82, 2.24) is 14.8 Å². The normalized spacial score (nSPS) is 11.1. The molecule has 6 nitrogen and oxygen atoms in total. The summed E-state index contributed by atoms with van der Waals surface area (Å²) in [6.45, 7) is 6.06. The lowest BCUT2D eigenvalue weighted by Gasteiger charge is -2.09. The zero-order valence-corrected chi connectivity index (χ0v) is 19.0. The van der Waals surface area contributed by atoms with Gasteiger partial charge in [0.05, 0.1) is 5.75 Å². The Balaban J connectivity index is 1.53. The van der Waals surface area contributed by atoms with E-state index in [1.54, 1.807) is 19.1 Å². The van der Waals surface area contributed by atoms with Crippen LogP contribution in [-0.2, 0) is 11.3 Å². The summed E-state index contributed by atoms with van der Waals surface area (Å²) in [7, 11) is 0. The molecule has 0 saturated carbocycles. The first kappa shape index (κ1) is 21.3. The van der Waals surface area contributed by atoms with Crippen molar-refractivity contribution < 1.29 is 13.6 Å². The molecule has 0 aliphatic heterocycles. The molecule has 0 saturated heterocycles. The average molecular weight is 501 g/mol. The number of aromatic nitrogens is 3.